The summed E-state index contributed by atoms with van der Waals surface area (Å²) < 4.78 is 83.2. The van der Waals surface area contributed by atoms with Gasteiger partial charge in [0.2, 0.25) is 0 Å². The number of aldehydes is 1. The predicted molar refractivity (Wildman–Crippen MR) is 133 cm³/mol. The standard InChI is InChI=1S/C29H25F6NO2/c1-18-12-19(2)14-23(13-18)25(28(30,31)32)11-9-20-8-10-21(26(15-20)29(33,34)35)16-36(3)27(38)24-7-5-4-6-22(24)17-37/h4-15,17,25H,16H2,1-3H3/b11-9+. The predicted octanol–water partition coefficient (Wildman–Crippen LogP) is 7.77. The summed E-state index contributed by atoms with van der Waals surface area (Å²) in [5.74, 6) is -2.65. The van der Waals surface area contributed by atoms with Crippen LogP contribution in [0.5, 0.6) is 0 Å². The molecule has 0 aliphatic rings. The van der Waals surface area contributed by atoms with Gasteiger partial charge in [0.25, 0.3) is 5.91 Å². The maximum absolute atomic E-state index is 13.9. The van der Waals surface area contributed by atoms with Crippen LogP contribution in [0.15, 0.2) is 66.7 Å². The number of halogens is 6. The first-order valence-corrected chi connectivity index (χ1v) is 11.5. The Balaban J connectivity index is 1.94. The summed E-state index contributed by atoms with van der Waals surface area (Å²) in [5.41, 5.74) is 0.0384. The first-order valence-electron chi connectivity index (χ1n) is 11.5. The highest BCUT2D eigenvalue weighted by Gasteiger charge is 2.39. The van der Waals surface area contributed by atoms with Crippen LogP contribution in [0.2, 0.25) is 0 Å². The maximum Gasteiger partial charge on any atom is 0.416 e. The first kappa shape index (κ1) is 28.7. The van der Waals surface area contributed by atoms with Crippen molar-refractivity contribution < 1.29 is 35.9 Å². The van der Waals surface area contributed by atoms with E-state index < -0.39 is 36.3 Å². The van der Waals surface area contributed by atoms with E-state index in [-0.39, 0.29) is 27.8 Å². The van der Waals surface area contributed by atoms with Crippen molar-refractivity contribution in [1.29, 1.82) is 0 Å². The molecule has 3 aromatic rings. The molecule has 0 heterocycles. The van der Waals surface area contributed by atoms with Crippen molar-refractivity contribution in [2.45, 2.75) is 38.7 Å². The smallest absolute Gasteiger partial charge is 0.337 e. The molecule has 0 aromatic heterocycles. The molecule has 3 aromatic carbocycles. The van der Waals surface area contributed by atoms with Gasteiger partial charge in [-0.25, -0.2) is 0 Å². The summed E-state index contributed by atoms with van der Waals surface area (Å²) in [6.45, 7) is 2.90. The van der Waals surface area contributed by atoms with Crippen LogP contribution in [0.1, 0.15) is 60.0 Å². The van der Waals surface area contributed by atoms with Crippen LogP contribution in [0.25, 0.3) is 6.08 Å². The summed E-state index contributed by atoms with van der Waals surface area (Å²) in [6.07, 6.45) is -7.12. The van der Waals surface area contributed by atoms with Gasteiger partial charge in [0, 0.05) is 19.2 Å². The number of benzene rings is 3. The Labute approximate surface area is 216 Å². The molecule has 0 saturated carbocycles. The van der Waals surface area contributed by atoms with Gasteiger partial charge in [-0.05, 0) is 42.7 Å². The van der Waals surface area contributed by atoms with Gasteiger partial charge in [0.1, 0.15) is 0 Å². The van der Waals surface area contributed by atoms with Gasteiger partial charge in [0.15, 0.2) is 6.29 Å². The second-order valence-corrected chi connectivity index (χ2v) is 9.08. The molecule has 0 aliphatic heterocycles. The molecule has 1 atom stereocenters. The largest absolute Gasteiger partial charge is 0.416 e. The zero-order valence-electron chi connectivity index (χ0n) is 20.8. The molecule has 0 aliphatic carbocycles. The Kier molecular flexibility index (Phi) is 8.49. The van der Waals surface area contributed by atoms with E-state index in [4.69, 9.17) is 0 Å². The van der Waals surface area contributed by atoms with Gasteiger partial charge in [-0.3, -0.25) is 9.59 Å². The van der Waals surface area contributed by atoms with E-state index in [0.29, 0.717) is 17.4 Å². The van der Waals surface area contributed by atoms with Crippen LogP contribution in [0.4, 0.5) is 26.3 Å². The van der Waals surface area contributed by atoms with Gasteiger partial charge < -0.3 is 4.90 Å². The van der Waals surface area contributed by atoms with E-state index in [9.17, 15) is 35.9 Å². The Morgan fingerprint density at radius 2 is 1.55 bits per heavy atom. The number of hydrogen-bond acceptors (Lipinski definition) is 2. The molecule has 1 amide bonds. The summed E-state index contributed by atoms with van der Waals surface area (Å²) in [7, 11) is 1.30. The number of allylic oxidation sites excluding steroid dienone is 1. The molecule has 0 bridgehead atoms. The monoisotopic (exact) mass is 533 g/mol. The van der Waals surface area contributed by atoms with Crippen molar-refractivity contribution >= 4 is 18.3 Å². The number of carbonyl (C=O) groups is 2. The fourth-order valence-electron chi connectivity index (χ4n) is 4.23. The van der Waals surface area contributed by atoms with Gasteiger partial charge in [-0.2, -0.15) is 26.3 Å². The van der Waals surface area contributed by atoms with Gasteiger partial charge in [0.05, 0.1) is 17.0 Å². The second-order valence-electron chi connectivity index (χ2n) is 9.08. The van der Waals surface area contributed by atoms with Crippen molar-refractivity contribution in [2.24, 2.45) is 0 Å². The molecule has 0 radical (unpaired) electrons. The molecule has 1 unspecified atom stereocenters. The average Bonchev–Trinajstić information content (AvgIpc) is 2.82. The quantitative estimate of drug-likeness (QED) is 0.230. The summed E-state index contributed by atoms with van der Waals surface area (Å²) in [5, 5.41) is 0. The lowest BCUT2D eigenvalue weighted by Crippen LogP contribution is -2.28. The van der Waals surface area contributed by atoms with Crippen LogP contribution < -0.4 is 0 Å². The zero-order chi connectivity index (χ0) is 28.3. The lowest BCUT2D eigenvalue weighted by molar-refractivity contribution is -0.140. The van der Waals surface area contributed by atoms with Gasteiger partial charge in [-0.1, -0.05) is 71.8 Å². The molecular weight excluding hydrogens is 508 g/mol. The molecule has 9 heteroatoms. The van der Waals surface area contributed by atoms with Crippen LogP contribution in [-0.2, 0) is 12.7 Å². The van der Waals surface area contributed by atoms with E-state index in [1.807, 2.05) is 0 Å². The van der Waals surface area contributed by atoms with Crippen molar-refractivity contribution in [1.82, 2.24) is 4.90 Å². The fourth-order valence-corrected chi connectivity index (χ4v) is 4.23. The van der Waals surface area contributed by atoms with E-state index in [2.05, 4.69) is 0 Å². The molecule has 0 N–H and O–H groups in total. The minimum atomic E-state index is -4.82. The number of amides is 1. The highest BCUT2D eigenvalue weighted by atomic mass is 19.4. The van der Waals surface area contributed by atoms with Crippen molar-refractivity contribution in [3.8, 4) is 0 Å². The third kappa shape index (κ3) is 6.90. The number of nitrogens with zero attached hydrogens (tertiary/aromatic N) is 1. The minimum absolute atomic E-state index is 0.00495. The average molecular weight is 534 g/mol. The minimum Gasteiger partial charge on any atom is -0.337 e. The van der Waals surface area contributed by atoms with Crippen LogP contribution in [0, 0.1) is 13.8 Å². The number of carbonyl (C=O) groups excluding carboxylic acids is 2. The van der Waals surface area contributed by atoms with Crippen molar-refractivity contribution in [3.63, 3.8) is 0 Å². The van der Waals surface area contributed by atoms with Gasteiger partial charge >= 0.3 is 12.4 Å². The first-order chi connectivity index (χ1) is 17.7. The van der Waals surface area contributed by atoms with E-state index in [1.165, 1.54) is 43.4 Å². The highest BCUT2D eigenvalue weighted by Crippen LogP contribution is 2.38. The topological polar surface area (TPSA) is 37.4 Å². The zero-order valence-corrected chi connectivity index (χ0v) is 20.8. The Morgan fingerprint density at radius 1 is 0.921 bits per heavy atom. The normalized spacial score (nSPS) is 13.0. The Morgan fingerprint density at radius 3 is 2.13 bits per heavy atom. The molecule has 0 fully saturated rings. The number of rotatable bonds is 7. The van der Waals surface area contributed by atoms with Crippen LogP contribution >= 0.6 is 0 Å². The summed E-state index contributed by atoms with van der Waals surface area (Å²) >= 11 is 0. The van der Waals surface area contributed by atoms with E-state index in [1.54, 1.807) is 26.0 Å². The molecule has 0 saturated heterocycles. The SMILES string of the molecule is Cc1cc(C)cc(C(/C=C/c2ccc(CN(C)C(=O)c3ccccc3C=O)c(C(F)(F)F)c2)C(F)(F)F)c1. The van der Waals surface area contributed by atoms with E-state index in [0.717, 1.165) is 29.2 Å². The number of hydrogen-bond donors (Lipinski definition) is 0. The van der Waals surface area contributed by atoms with Gasteiger partial charge in [-0.15, -0.1) is 0 Å². The van der Waals surface area contributed by atoms with Crippen LogP contribution in [-0.4, -0.2) is 30.3 Å². The maximum atomic E-state index is 13.9. The highest BCUT2D eigenvalue weighted by molar-refractivity contribution is 6.01. The van der Waals surface area contributed by atoms with Crippen LogP contribution in [0.3, 0.4) is 0 Å². The lowest BCUT2D eigenvalue weighted by atomic mass is 9.93. The molecule has 3 nitrogen and oxygen atoms in total. The molecule has 3 rings (SSSR count). The molecular formula is C29H25F6NO2. The van der Waals surface area contributed by atoms with E-state index >= 15 is 0 Å². The number of aryl methyl sites for hydroxylation is 2. The molecule has 38 heavy (non-hydrogen) atoms. The third-order valence-electron chi connectivity index (χ3n) is 5.95. The molecule has 0 spiro atoms. The molecule has 200 valence electrons. The second kappa shape index (κ2) is 11.2. The van der Waals surface area contributed by atoms with Crippen molar-refractivity contribution in [3.05, 3.63) is 111 Å². The number of alkyl halides is 6. The fraction of sp³-hybridized carbons (Fsp3) is 0.241. The third-order valence-corrected chi connectivity index (χ3v) is 5.95. The Hall–Kier alpha value is -3.88. The summed E-state index contributed by atoms with van der Waals surface area (Å²) in [6, 6.07) is 13.6. The van der Waals surface area contributed by atoms with Crippen molar-refractivity contribution in [2.75, 3.05) is 7.05 Å². The lowest BCUT2D eigenvalue weighted by Gasteiger charge is -2.21. The Bertz CT molecular complexity index is 1340. The summed E-state index contributed by atoms with van der Waals surface area (Å²) in [4.78, 5) is 25.1.